The van der Waals surface area contributed by atoms with Crippen LogP contribution in [0.15, 0.2) is 36.5 Å². The van der Waals surface area contributed by atoms with Gasteiger partial charge in [0.25, 0.3) is 0 Å². The lowest BCUT2D eigenvalue weighted by atomic mass is 10.0. The fourth-order valence-electron chi connectivity index (χ4n) is 3.91. The lowest BCUT2D eigenvalue weighted by Gasteiger charge is -2.24. The standard InChI is InChI=1S/C21H23FN4O3S/c1-2-30(28,29)25-19-8-7-14(11-18(19)22)17-12-20(24-21-16(17)9-10-23-21)26(13-27)15-5-3-4-6-15/h7-13,15,25H,2-6H2,1H3,(H,23,24). The van der Waals surface area contributed by atoms with Gasteiger partial charge in [-0.2, -0.15) is 0 Å². The van der Waals surface area contributed by atoms with Crippen molar-refractivity contribution in [2.24, 2.45) is 0 Å². The second-order valence-electron chi connectivity index (χ2n) is 7.42. The summed E-state index contributed by atoms with van der Waals surface area (Å²) in [7, 11) is -3.58. The molecule has 3 aromatic rings. The zero-order valence-electron chi connectivity index (χ0n) is 16.6. The van der Waals surface area contributed by atoms with Gasteiger partial charge in [-0.05, 0) is 55.2 Å². The number of rotatable bonds is 7. The predicted octanol–water partition coefficient (Wildman–Crippen LogP) is 4.04. The van der Waals surface area contributed by atoms with Crippen molar-refractivity contribution in [2.45, 2.75) is 38.6 Å². The van der Waals surface area contributed by atoms with Crippen LogP contribution in [0.4, 0.5) is 15.9 Å². The minimum absolute atomic E-state index is 0.0966. The summed E-state index contributed by atoms with van der Waals surface area (Å²) in [6.07, 6.45) is 6.56. The molecule has 1 aliphatic carbocycles. The number of hydrogen-bond acceptors (Lipinski definition) is 4. The van der Waals surface area contributed by atoms with E-state index in [0.29, 0.717) is 22.6 Å². The highest BCUT2D eigenvalue weighted by molar-refractivity contribution is 7.92. The molecule has 2 aromatic heterocycles. The first kappa shape index (κ1) is 20.3. The molecule has 0 atom stereocenters. The van der Waals surface area contributed by atoms with Crippen molar-refractivity contribution in [2.75, 3.05) is 15.4 Å². The Labute approximate surface area is 174 Å². The molecule has 2 N–H and O–H groups in total. The molecule has 1 aromatic carbocycles. The number of nitrogens with zero attached hydrogens (tertiary/aromatic N) is 2. The average Bonchev–Trinajstić information content (AvgIpc) is 3.41. The van der Waals surface area contributed by atoms with Gasteiger partial charge >= 0.3 is 0 Å². The molecule has 0 saturated heterocycles. The van der Waals surface area contributed by atoms with Crippen molar-refractivity contribution in [3.8, 4) is 11.1 Å². The highest BCUT2D eigenvalue weighted by Crippen LogP contribution is 2.34. The van der Waals surface area contributed by atoms with Gasteiger partial charge in [-0.3, -0.25) is 14.4 Å². The Balaban J connectivity index is 1.77. The van der Waals surface area contributed by atoms with Gasteiger partial charge in [0, 0.05) is 17.6 Å². The summed E-state index contributed by atoms with van der Waals surface area (Å²) < 4.78 is 40.5. The molecule has 9 heteroatoms. The molecule has 1 aliphatic rings. The predicted molar refractivity (Wildman–Crippen MR) is 115 cm³/mol. The zero-order valence-corrected chi connectivity index (χ0v) is 17.4. The van der Waals surface area contributed by atoms with Gasteiger partial charge in [0.2, 0.25) is 16.4 Å². The molecule has 4 rings (SSSR count). The van der Waals surface area contributed by atoms with E-state index in [4.69, 9.17) is 0 Å². The molecule has 1 fully saturated rings. The number of aromatic nitrogens is 2. The second kappa shape index (κ2) is 8.06. The minimum Gasteiger partial charge on any atom is -0.346 e. The maximum Gasteiger partial charge on any atom is 0.232 e. The summed E-state index contributed by atoms with van der Waals surface area (Å²) in [5, 5.41) is 0.789. The van der Waals surface area contributed by atoms with E-state index in [2.05, 4.69) is 14.7 Å². The third-order valence-electron chi connectivity index (χ3n) is 5.54. The number of halogens is 1. The van der Waals surface area contributed by atoms with Crippen LogP contribution in [0.5, 0.6) is 0 Å². The molecule has 2 heterocycles. The maximum atomic E-state index is 14.7. The number of carbonyl (C=O) groups is 1. The van der Waals surface area contributed by atoms with Gasteiger partial charge in [-0.15, -0.1) is 0 Å². The third-order valence-corrected chi connectivity index (χ3v) is 6.83. The van der Waals surface area contributed by atoms with E-state index in [0.717, 1.165) is 37.5 Å². The van der Waals surface area contributed by atoms with Gasteiger partial charge in [0.15, 0.2) is 0 Å². The fourth-order valence-corrected chi connectivity index (χ4v) is 4.55. The summed E-state index contributed by atoms with van der Waals surface area (Å²) in [6.45, 7) is 1.48. The first-order valence-electron chi connectivity index (χ1n) is 9.94. The van der Waals surface area contributed by atoms with E-state index < -0.39 is 15.8 Å². The molecule has 1 saturated carbocycles. The number of benzene rings is 1. The van der Waals surface area contributed by atoms with Crippen molar-refractivity contribution in [3.63, 3.8) is 0 Å². The minimum atomic E-state index is -3.58. The van der Waals surface area contributed by atoms with Crippen LogP contribution in [-0.4, -0.2) is 36.6 Å². The molecule has 0 aliphatic heterocycles. The van der Waals surface area contributed by atoms with Crippen molar-refractivity contribution in [1.82, 2.24) is 9.97 Å². The largest absolute Gasteiger partial charge is 0.346 e. The summed E-state index contributed by atoms with van der Waals surface area (Å²) in [5.41, 5.74) is 1.78. The Bertz CT molecular complexity index is 1190. The first-order valence-corrected chi connectivity index (χ1v) is 11.6. The fraction of sp³-hybridized carbons (Fsp3) is 0.333. The van der Waals surface area contributed by atoms with E-state index in [9.17, 15) is 17.6 Å². The van der Waals surface area contributed by atoms with E-state index in [1.165, 1.54) is 19.1 Å². The number of aromatic amines is 1. The quantitative estimate of drug-likeness (QED) is 0.553. The molecule has 158 valence electrons. The van der Waals surface area contributed by atoms with Crippen LogP contribution in [0.2, 0.25) is 0 Å². The lowest BCUT2D eigenvalue weighted by molar-refractivity contribution is -0.107. The lowest BCUT2D eigenvalue weighted by Crippen LogP contribution is -2.32. The van der Waals surface area contributed by atoms with Crippen LogP contribution in [0.1, 0.15) is 32.6 Å². The zero-order chi connectivity index (χ0) is 21.3. The normalized spacial score (nSPS) is 14.9. The Morgan fingerprint density at radius 3 is 2.70 bits per heavy atom. The van der Waals surface area contributed by atoms with Crippen LogP contribution in [0, 0.1) is 5.82 Å². The Morgan fingerprint density at radius 1 is 1.27 bits per heavy atom. The number of hydrogen-bond donors (Lipinski definition) is 2. The monoisotopic (exact) mass is 430 g/mol. The molecule has 0 radical (unpaired) electrons. The Kier molecular flexibility index (Phi) is 5.46. The van der Waals surface area contributed by atoms with E-state index in [1.807, 2.05) is 6.07 Å². The molecule has 1 amide bonds. The number of sulfonamides is 1. The summed E-state index contributed by atoms with van der Waals surface area (Å²) in [6, 6.07) is 8.09. The Hall–Kier alpha value is -2.94. The third kappa shape index (κ3) is 3.89. The first-order chi connectivity index (χ1) is 14.4. The maximum absolute atomic E-state index is 14.7. The average molecular weight is 431 g/mol. The smallest absolute Gasteiger partial charge is 0.232 e. The number of nitrogens with one attached hydrogen (secondary N) is 2. The summed E-state index contributed by atoms with van der Waals surface area (Å²) >= 11 is 0. The van der Waals surface area contributed by atoms with Crippen molar-refractivity contribution in [3.05, 3.63) is 42.3 Å². The number of pyridine rings is 1. The number of carbonyl (C=O) groups excluding carboxylic acids is 1. The van der Waals surface area contributed by atoms with E-state index in [1.54, 1.807) is 23.2 Å². The SMILES string of the molecule is CCS(=O)(=O)Nc1ccc(-c2cc(N(C=O)C3CCCC3)nc3[nH]ccc23)cc1F. The van der Waals surface area contributed by atoms with E-state index in [-0.39, 0.29) is 17.5 Å². The van der Waals surface area contributed by atoms with Crippen LogP contribution >= 0.6 is 0 Å². The van der Waals surface area contributed by atoms with Crippen LogP contribution in [0.25, 0.3) is 22.2 Å². The summed E-state index contributed by atoms with van der Waals surface area (Å²) in [5.74, 6) is -0.304. The summed E-state index contributed by atoms with van der Waals surface area (Å²) in [4.78, 5) is 21.1. The van der Waals surface area contributed by atoms with Crippen LogP contribution in [-0.2, 0) is 14.8 Å². The highest BCUT2D eigenvalue weighted by atomic mass is 32.2. The van der Waals surface area contributed by atoms with Crippen LogP contribution in [0.3, 0.4) is 0 Å². The number of H-pyrrole nitrogens is 1. The molecule has 7 nitrogen and oxygen atoms in total. The molecule has 0 bridgehead atoms. The van der Waals surface area contributed by atoms with Crippen molar-refractivity contribution in [1.29, 1.82) is 0 Å². The number of amides is 1. The molecular weight excluding hydrogens is 407 g/mol. The van der Waals surface area contributed by atoms with Gasteiger partial charge in [0.1, 0.15) is 17.3 Å². The van der Waals surface area contributed by atoms with Gasteiger partial charge in [-0.1, -0.05) is 18.9 Å². The topological polar surface area (TPSA) is 95.2 Å². The Morgan fingerprint density at radius 2 is 2.03 bits per heavy atom. The molecule has 0 spiro atoms. The van der Waals surface area contributed by atoms with Crippen molar-refractivity contribution < 1.29 is 17.6 Å². The van der Waals surface area contributed by atoms with E-state index >= 15 is 0 Å². The van der Waals surface area contributed by atoms with Crippen LogP contribution < -0.4 is 9.62 Å². The van der Waals surface area contributed by atoms with Gasteiger partial charge < -0.3 is 4.98 Å². The highest BCUT2D eigenvalue weighted by Gasteiger charge is 2.25. The van der Waals surface area contributed by atoms with Gasteiger partial charge in [-0.25, -0.2) is 17.8 Å². The van der Waals surface area contributed by atoms with Gasteiger partial charge in [0.05, 0.1) is 11.4 Å². The molecule has 0 unspecified atom stereocenters. The number of anilines is 2. The number of fused-ring (bicyclic) bond motifs is 1. The molecular formula is C21H23FN4O3S. The molecule has 30 heavy (non-hydrogen) atoms. The second-order valence-corrected chi connectivity index (χ2v) is 9.43. The van der Waals surface area contributed by atoms with Crippen molar-refractivity contribution >= 4 is 39.0 Å².